The van der Waals surface area contributed by atoms with Gasteiger partial charge in [0.2, 0.25) is 0 Å². The average molecular weight is 495 g/mol. The van der Waals surface area contributed by atoms with Crippen LogP contribution in [-0.2, 0) is 11.2 Å². The van der Waals surface area contributed by atoms with Crippen LogP contribution in [0, 0.1) is 0 Å². The van der Waals surface area contributed by atoms with Crippen molar-refractivity contribution >= 4 is 56.7 Å². The van der Waals surface area contributed by atoms with Crippen LogP contribution in [-0.4, -0.2) is 17.0 Å². The van der Waals surface area contributed by atoms with Crippen LogP contribution in [0.15, 0.2) is 65.1 Å². The average Bonchev–Trinajstić information content (AvgIpc) is 2.67. The molecule has 0 atom stereocenters. The van der Waals surface area contributed by atoms with Crippen LogP contribution < -0.4 is 10.1 Å². The highest BCUT2D eigenvalue weighted by atomic mass is 79.9. The summed E-state index contributed by atoms with van der Waals surface area (Å²) in [5.74, 6) is -0.0953. The molecular formula is C21H14BrCl2NO4. The number of amides is 1. The molecule has 0 aliphatic heterocycles. The Morgan fingerprint density at radius 1 is 0.931 bits per heavy atom. The topological polar surface area (TPSA) is 75.6 Å². The van der Waals surface area contributed by atoms with Gasteiger partial charge < -0.3 is 15.2 Å². The van der Waals surface area contributed by atoms with Gasteiger partial charge in [-0.05, 0) is 60.2 Å². The highest BCUT2D eigenvalue weighted by Crippen LogP contribution is 2.28. The van der Waals surface area contributed by atoms with Gasteiger partial charge in [0.15, 0.2) is 0 Å². The molecule has 0 spiro atoms. The summed E-state index contributed by atoms with van der Waals surface area (Å²) in [6, 6.07) is 16.6. The molecule has 3 aromatic rings. The lowest BCUT2D eigenvalue weighted by molar-refractivity contribution is -0.136. The summed E-state index contributed by atoms with van der Waals surface area (Å²) < 4.78 is 6.43. The quantitative estimate of drug-likeness (QED) is 0.414. The standard InChI is InChI=1S/C21H14BrCl2NO4/c22-17-11-16(5-1-12(17)10-20(26)27)29-15-6-3-14(4-7-15)25-21(28)13-2-8-18(23)19(24)9-13/h1-9,11H,10H2,(H,25,28)(H,26,27). The van der Waals surface area contributed by atoms with Crippen molar-refractivity contribution < 1.29 is 19.4 Å². The highest BCUT2D eigenvalue weighted by molar-refractivity contribution is 9.10. The molecular weight excluding hydrogens is 481 g/mol. The summed E-state index contributed by atoms with van der Waals surface area (Å²) in [7, 11) is 0. The van der Waals surface area contributed by atoms with Gasteiger partial charge in [0.05, 0.1) is 16.5 Å². The summed E-state index contributed by atoms with van der Waals surface area (Å²) in [6.45, 7) is 0. The van der Waals surface area contributed by atoms with Crippen LogP contribution in [0.5, 0.6) is 11.5 Å². The van der Waals surface area contributed by atoms with Crippen LogP contribution in [0.25, 0.3) is 0 Å². The molecule has 0 heterocycles. The molecule has 0 saturated heterocycles. The third-order valence-corrected chi connectivity index (χ3v) is 5.37. The van der Waals surface area contributed by atoms with Crippen molar-refractivity contribution in [3.8, 4) is 11.5 Å². The Labute approximate surface area is 185 Å². The molecule has 8 heteroatoms. The molecule has 2 N–H and O–H groups in total. The van der Waals surface area contributed by atoms with Gasteiger partial charge in [0.1, 0.15) is 11.5 Å². The Morgan fingerprint density at radius 3 is 2.24 bits per heavy atom. The molecule has 0 saturated carbocycles. The Balaban J connectivity index is 1.65. The number of carbonyl (C=O) groups excluding carboxylic acids is 1. The zero-order chi connectivity index (χ0) is 21.0. The summed E-state index contributed by atoms with van der Waals surface area (Å²) in [5.41, 5.74) is 1.64. The fraction of sp³-hybridized carbons (Fsp3) is 0.0476. The lowest BCUT2D eigenvalue weighted by Gasteiger charge is -2.10. The number of halogens is 3. The third kappa shape index (κ3) is 5.73. The van der Waals surface area contributed by atoms with Crippen LogP contribution in [0.3, 0.4) is 0 Å². The van der Waals surface area contributed by atoms with Crippen LogP contribution in [0.4, 0.5) is 5.69 Å². The molecule has 3 rings (SSSR count). The molecule has 5 nitrogen and oxygen atoms in total. The van der Waals surface area contributed by atoms with Crippen molar-refractivity contribution in [3.63, 3.8) is 0 Å². The first-order valence-electron chi connectivity index (χ1n) is 8.36. The summed E-state index contributed by atoms with van der Waals surface area (Å²) in [5, 5.41) is 12.4. The smallest absolute Gasteiger partial charge is 0.307 e. The maximum absolute atomic E-state index is 12.3. The maximum atomic E-state index is 12.3. The minimum Gasteiger partial charge on any atom is -0.481 e. The lowest BCUT2D eigenvalue weighted by atomic mass is 10.1. The van der Waals surface area contributed by atoms with Gasteiger partial charge in [-0.2, -0.15) is 0 Å². The fourth-order valence-corrected chi connectivity index (χ4v) is 3.28. The number of aliphatic carboxylic acids is 1. The first-order valence-corrected chi connectivity index (χ1v) is 9.91. The van der Waals surface area contributed by atoms with E-state index in [1.54, 1.807) is 54.6 Å². The third-order valence-electron chi connectivity index (χ3n) is 3.90. The van der Waals surface area contributed by atoms with Crippen LogP contribution in [0.2, 0.25) is 10.0 Å². The van der Waals surface area contributed by atoms with E-state index >= 15 is 0 Å². The number of hydrogen-bond donors (Lipinski definition) is 2. The van der Waals surface area contributed by atoms with E-state index in [-0.39, 0.29) is 12.3 Å². The Bertz CT molecular complexity index is 1070. The molecule has 0 aliphatic rings. The predicted molar refractivity (Wildman–Crippen MR) is 116 cm³/mol. The van der Waals surface area contributed by atoms with Crippen molar-refractivity contribution in [2.45, 2.75) is 6.42 Å². The Hall–Kier alpha value is -2.54. The zero-order valence-corrected chi connectivity index (χ0v) is 17.9. The number of carboxylic acids is 1. The second-order valence-electron chi connectivity index (χ2n) is 6.03. The van der Waals surface area contributed by atoms with Gasteiger partial charge >= 0.3 is 5.97 Å². The van der Waals surface area contributed by atoms with Crippen LogP contribution >= 0.6 is 39.1 Å². The number of hydrogen-bond acceptors (Lipinski definition) is 3. The summed E-state index contributed by atoms with van der Waals surface area (Å²) >= 11 is 15.2. The molecule has 0 aromatic heterocycles. The zero-order valence-electron chi connectivity index (χ0n) is 14.8. The Kier molecular flexibility index (Phi) is 6.79. The van der Waals surface area contributed by atoms with E-state index in [9.17, 15) is 9.59 Å². The van der Waals surface area contributed by atoms with E-state index in [1.807, 2.05) is 0 Å². The number of benzene rings is 3. The second kappa shape index (κ2) is 9.31. The number of nitrogens with one attached hydrogen (secondary N) is 1. The lowest BCUT2D eigenvalue weighted by Crippen LogP contribution is -2.11. The van der Waals surface area contributed by atoms with E-state index in [2.05, 4.69) is 21.2 Å². The first-order chi connectivity index (χ1) is 13.8. The maximum Gasteiger partial charge on any atom is 0.307 e. The normalized spacial score (nSPS) is 10.4. The molecule has 0 unspecified atom stereocenters. The molecule has 0 fully saturated rings. The van der Waals surface area contributed by atoms with Gasteiger partial charge in [-0.1, -0.05) is 45.2 Å². The number of carboxylic acid groups (broad SMARTS) is 1. The van der Waals surface area contributed by atoms with E-state index in [4.69, 9.17) is 33.0 Å². The molecule has 148 valence electrons. The minimum atomic E-state index is -0.905. The van der Waals surface area contributed by atoms with Gasteiger partial charge in [-0.25, -0.2) is 0 Å². The van der Waals surface area contributed by atoms with E-state index in [1.165, 1.54) is 6.07 Å². The Morgan fingerprint density at radius 2 is 1.62 bits per heavy atom. The van der Waals surface area contributed by atoms with Crippen molar-refractivity contribution in [2.75, 3.05) is 5.32 Å². The number of ether oxygens (including phenoxy) is 1. The summed E-state index contributed by atoms with van der Waals surface area (Å²) in [6.07, 6.45) is -0.0753. The molecule has 3 aromatic carbocycles. The van der Waals surface area contributed by atoms with Crippen molar-refractivity contribution in [3.05, 3.63) is 86.3 Å². The predicted octanol–water partition coefficient (Wildman–Crippen LogP) is 6.43. The minimum absolute atomic E-state index is 0.0753. The molecule has 0 aliphatic carbocycles. The van der Waals surface area contributed by atoms with Crippen molar-refractivity contribution in [2.24, 2.45) is 0 Å². The number of carbonyl (C=O) groups is 2. The second-order valence-corrected chi connectivity index (χ2v) is 7.70. The van der Waals surface area contributed by atoms with E-state index < -0.39 is 5.97 Å². The van der Waals surface area contributed by atoms with Gasteiger partial charge in [-0.15, -0.1) is 0 Å². The molecule has 1 amide bonds. The molecule has 0 radical (unpaired) electrons. The number of rotatable bonds is 6. The molecule has 29 heavy (non-hydrogen) atoms. The van der Waals surface area contributed by atoms with Gasteiger partial charge in [0.25, 0.3) is 5.91 Å². The van der Waals surface area contributed by atoms with Gasteiger partial charge in [-0.3, -0.25) is 9.59 Å². The highest BCUT2D eigenvalue weighted by Gasteiger charge is 2.10. The van der Waals surface area contributed by atoms with E-state index in [0.717, 1.165) is 0 Å². The van der Waals surface area contributed by atoms with Crippen LogP contribution in [0.1, 0.15) is 15.9 Å². The number of anilines is 1. The molecule has 0 bridgehead atoms. The van der Waals surface area contributed by atoms with Crippen molar-refractivity contribution in [1.82, 2.24) is 0 Å². The largest absolute Gasteiger partial charge is 0.481 e. The van der Waals surface area contributed by atoms with E-state index in [0.29, 0.717) is 42.8 Å². The first kappa shape index (κ1) is 21.2. The van der Waals surface area contributed by atoms with Gasteiger partial charge in [0, 0.05) is 15.7 Å². The summed E-state index contributed by atoms with van der Waals surface area (Å²) in [4.78, 5) is 23.1. The van der Waals surface area contributed by atoms with Crippen molar-refractivity contribution in [1.29, 1.82) is 0 Å². The SMILES string of the molecule is O=C(O)Cc1ccc(Oc2ccc(NC(=O)c3ccc(Cl)c(Cl)c3)cc2)cc1Br. The fourth-order valence-electron chi connectivity index (χ4n) is 2.48. The monoisotopic (exact) mass is 493 g/mol.